The number of aryl methyl sites for hydroxylation is 2. The molecule has 2 N–H and O–H groups in total. The van der Waals surface area contributed by atoms with Gasteiger partial charge in [0.15, 0.2) is 5.69 Å². The van der Waals surface area contributed by atoms with Gasteiger partial charge in [0.25, 0.3) is 0 Å². The normalized spacial score (nSPS) is 10.6. The molecule has 0 aliphatic rings. The third-order valence-corrected chi connectivity index (χ3v) is 2.72. The van der Waals surface area contributed by atoms with Gasteiger partial charge in [0.1, 0.15) is 5.82 Å². The van der Waals surface area contributed by atoms with Crippen LogP contribution in [0.4, 0.5) is 5.82 Å². The predicted octanol–water partition coefficient (Wildman–Crippen LogP) is 0.929. The number of ether oxygens (including phenoxy) is 1. The summed E-state index contributed by atoms with van der Waals surface area (Å²) in [5.74, 6) is -0.127. The average molecular weight is 263 g/mol. The number of anilines is 1. The lowest BCUT2D eigenvalue weighted by molar-refractivity contribution is 0.0521. The Morgan fingerprint density at radius 2 is 2.26 bits per heavy atom. The molecule has 19 heavy (non-hydrogen) atoms. The van der Waals surface area contributed by atoms with Crippen molar-refractivity contribution < 1.29 is 9.53 Å². The van der Waals surface area contributed by atoms with Crippen LogP contribution < -0.4 is 5.73 Å². The van der Waals surface area contributed by atoms with E-state index in [0.29, 0.717) is 19.0 Å². The number of aromatic nitrogens is 4. The molecule has 2 aromatic heterocycles. The maximum atomic E-state index is 11.5. The summed E-state index contributed by atoms with van der Waals surface area (Å²) in [6.07, 6.45) is 7.85. The smallest absolute Gasteiger partial charge is 0.360 e. The van der Waals surface area contributed by atoms with Crippen LogP contribution >= 0.6 is 0 Å². The summed E-state index contributed by atoms with van der Waals surface area (Å²) in [5, 5.41) is 0. The molecule has 2 aromatic rings. The van der Waals surface area contributed by atoms with Gasteiger partial charge in [-0.05, 0) is 13.3 Å². The Morgan fingerprint density at radius 1 is 1.42 bits per heavy atom. The fourth-order valence-electron chi connectivity index (χ4n) is 1.77. The van der Waals surface area contributed by atoms with Crippen molar-refractivity contribution in [1.82, 2.24) is 19.1 Å². The number of hydrogen-bond donors (Lipinski definition) is 1. The number of esters is 1. The minimum Gasteiger partial charge on any atom is -0.461 e. The fourth-order valence-corrected chi connectivity index (χ4v) is 1.77. The van der Waals surface area contributed by atoms with Gasteiger partial charge in [0.05, 0.1) is 19.3 Å². The third kappa shape index (κ3) is 3.12. The van der Waals surface area contributed by atoms with E-state index < -0.39 is 5.97 Å². The lowest BCUT2D eigenvalue weighted by Gasteiger charge is -2.06. The van der Waals surface area contributed by atoms with E-state index in [1.165, 1.54) is 0 Å². The lowest BCUT2D eigenvalue weighted by atomic mass is 10.4. The number of rotatable bonds is 6. The molecule has 0 unspecified atom stereocenters. The van der Waals surface area contributed by atoms with Crippen LogP contribution in [0.25, 0.3) is 0 Å². The zero-order valence-electron chi connectivity index (χ0n) is 10.8. The van der Waals surface area contributed by atoms with Crippen molar-refractivity contribution in [2.75, 3.05) is 12.3 Å². The minimum absolute atomic E-state index is 0.185. The van der Waals surface area contributed by atoms with E-state index in [9.17, 15) is 4.79 Å². The molecule has 0 fully saturated rings. The zero-order chi connectivity index (χ0) is 13.7. The van der Waals surface area contributed by atoms with Crippen LogP contribution in [-0.4, -0.2) is 31.7 Å². The highest BCUT2D eigenvalue weighted by Crippen LogP contribution is 2.12. The molecular weight excluding hydrogens is 246 g/mol. The fraction of sp³-hybridized carbons (Fsp3) is 0.417. The van der Waals surface area contributed by atoms with E-state index in [-0.39, 0.29) is 5.69 Å². The number of carbonyl (C=O) groups is 1. The van der Waals surface area contributed by atoms with Crippen molar-refractivity contribution in [2.45, 2.75) is 26.4 Å². The Balaban J connectivity index is 1.92. The molecule has 2 rings (SSSR count). The number of nitrogens with zero attached hydrogens (tertiary/aromatic N) is 4. The van der Waals surface area contributed by atoms with Gasteiger partial charge in [0, 0.05) is 25.5 Å². The molecule has 0 bridgehead atoms. The van der Waals surface area contributed by atoms with Gasteiger partial charge in [-0.3, -0.25) is 0 Å². The number of nitrogens with two attached hydrogens (primary N) is 1. The highest BCUT2D eigenvalue weighted by molar-refractivity contribution is 5.92. The van der Waals surface area contributed by atoms with Crippen LogP contribution in [0.3, 0.4) is 0 Å². The molecule has 0 spiro atoms. The van der Waals surface area contributed by atoms with Crippen LogP contribution in [-0.2, 0) is 17.8 Å². The Hall–Kier alpha value is -2.31. The zero-order valence-corrected chi connectivity index (χ0v) is 10.8. The summed E-state index contributed by atoms with van der Waals surface area (Å²) in [5.41, 5.74) is 6.06. The molecule has 0 radical (unpaired) electrons. The molecule has 0 amide bonds. The molecule has 7 nitrogen and oxygen atoms in total. The summed E-state index contributed by atoms with van der Waals surface area (Å²) < 4.78 is 8.62. The van der Waals surface area contributed by atoms with E-state index in [2.05, 4.69) is 9.97 Å². The van der Waals surface area contributed by atoms with Crippen molar-refractivity contribution in [2.24, 2.45) is 0 Å². The van der Waals surface area contributed by atoms with E-state index in [1.54, 1.807) is 30.3 Å². The van der Waals surface area contributed by atoms with Crippen LogP contribution in [0.2, 0.25) is 0 Å². The summed E-state index contributed by atoms with van der Waals surface area (Å²) in [6, 6.07) is 0. The molecule has 2 heterocycles. The topological polar surface area (TPSA) is 88.0 Å². The standard InChI is InChI=1S/C12H17N5O2/c1-2-19-12(18)10-11(13)17(9-15-10)6-3-5-16-7-4-14-8-16/h4,7-9H,2-3,5-6,13H2,1H3. The van der Waals surface area contributed by atoms with Crippen molar-refractivity contribution in [1.29, 1.82) is 0 Å². The number of carbonyl (C=O) groups excluding carboxylic acids is 1. The molecular formula is C12H17N5O2. The summed E-state index contributed by atoms with van der Waals surface area (Å²) in [7, 11) is 0. The second kappa shape index (κ2) is 6.03. The van der Waals surface area contributed by atoms with Gasteiger partial charge in [-0.15, -0.1) is 0 Å². The van der Waals surface area contributed by atoms with E-state index >= 15 is 0 Å². The van der Waals surface area contributed by atoms with Gasteiger partial charge in [-0.25, -0.2) is 14.8 Å². The first-order valence-electron chi connectivity index (χ1n) is 6.15. The second-order valence-electron chi connectivity index (χ2n) is 4.05. The van der Waals surface area contributed by atoms with Gasteiger partial charge in [0.2, 0.25) is 0 Å². The van der Waals surface area contributed by atoms with Gasteiger partial charge >= 0.3 is 5.97 Å². The van der Waals surface area contributed by atoms with E-state index in [4.69, 9.17) is 10.5 Å². The molecule has 0 saturated heterocycles. The van der Waals surface area contributed by atoms with Crippen LogP contribution in [0, 0.1) is 0 Å². The lowest BCUT2D eigenvalue weighted by Crippen LogP contribution is -2.10. The Bertz CT molecular complexity index is 532. The van der Waals surface area contributed by atoms with Gasteiger partial charge < -0.3 is 19.6 Å². The first-order valence-corrected chi connectivity index (χ1v) is 6.15. The molecule has 0 aliphatic heterocycles. The molecule has 7 heteroatoms. The summed E-state index contributed by atoms with van der Waals surface area (Å²) >= 11 is 0. The molecule has 0 saturated carbocycles. The maximum Gasteiger partial charge on any atom is 0.360 e. The Labute approximate surface area is 111 Å². The molecule has 0 atom stereocenters. The average Bonchev–Trinajstić information content (AvgIpc) is 3.01. The van der Waals surface area contributed by atoms with Gasteiger partial charge in [-0.1, -0.05) is 0 Å². The largest absolute Gasteiger partial charge is 0.461 e. The SMILES string of the molecule is CCOC(=O)c1ncn(CCCn2ccnc2)c1N. The van der Waals surface area contributed by atoms with Crippen molar-refractivity contribution >= 4 is 11.8 Å². The van der Waals surface area contributed by atoms with Crippen molar-refractivity contribution in [3.8, 4) is 0 Å². The first-order chi connectivity index (χ1) is 9.22. The predicted molar refractivity (Wildman–Crippen MR) is 69.4 cm³/mol. The molecule has 0 aromatic carbocycles. The Morgan fingerprint density at radius 3 is 2.95 bits per heavy atom. The highest BCUT2D eigenvalue weighted by atomic mass is 16.5. The monoisotopic (exact) mass is 263 g/mol. The summed E-state index contributed by atoms with van der Waals surface area (Å²) in [4.78, 5) is 19.5. The quantitative estimate of drug-likeness (QED) is 0.783. The van der Waals surface area contributed by atoms with Crippen LogP contribution in [0.5, 0.6) is 0 Å². The summed E-state index contributed by atoms with van der Waals surface area (Å²) in [6.45, 7) is 3.59. The minimum atomic E-state index is -0.478. The third-order valence-electron chi connectivity index (χ3n) is 2.72. The number of imidazole rings is 2. The highest BCUT2D eigenvalue weighted by Gasteiger charge is 2.16. The number of nitrogen functional groups attached to an aromatic ring is 1. The van der Waals surface area contributed by atoms with Crippen molar-refractivity contribution in [3.05, 3.63) is 30.7 Å². The van der Waals surface area contributed by atoms with Crippen LogP contribution in [0.1, 0.15) is 23.8 Å². The van der Waals surface area contributed by atoms with E-state index in [0.717, 1.165) is 13.0 Å². The Kier molecular flexibility index (Phi) is 4.17. The second-order valence-corrected chi connectivity index (χ2v) is 4.05. The first kappa shape index (κ1) is 13.1. The molecule has 102 valence electrons. The van der Waals surface area contributed by atoms with Crippen LogP contribution in [0.15, 0.2) is 25.0 Å². The van der Waals surface area contributed by atoms with Gasteiger partial charge in [-0.2, -0.15) is 0 Å². The number of hydrogen-bond acceptors (Lipinski definition) is 5. The van der Waals surface area contributed by atoms with Crippen molar-refractivity contribution in [3.63, 3.8) is 0 Å². The molecule has 0 aliphatic carbocycles. The maximum absolute atomic E-state index is 11.5. The van der Waals surface area contributed by atoms with E-state index in [1.807, 2.05) is 10.8 Å².